The molecule has 61 heavy (non-hydrogen) atoms. The monoisotopic (exact) mass is 794 g/mol. The van der Waals surface area contributed by atoms with Gasteiger partial charge < -0.3 is 4.42 Å². The maximum absolute atomic E-state index is 6.90. The van der Waals surface area contributed by atoms with Gasteiger partial charge in [-0.25, -0.2) is 0 Å². The van der Waals surface area contributed by atoms with E-state index in [-0.39, 0.29) is 0 Å². The Labute approximate surface area is 358 Å². The highest BCUT2D eigenvalue weighted by Gasteiger charge is 2.37. The molecule has 0 N–H and O–H groups in total. The van der Waals surface area contributed by atoms with Gasteiger partial charge in [-0.1, -0.05) is 195 Å². The first kappa shape index (κ1) is 34.7. The molecule has 1 nitrogen and oxygen atoms in total. The number of allylic oxidation sites excluding steroid dienone is 4. The van der Waals surface area contributed by atoms with Crippen LogP contribution < -0.4 is 0 Å². The minimum atomic E-state index is 0.332. The van der Waals surface area contributed by atoms with E-state index in [0.29, 0.717) is 11.8 Å². The molecule has 0 radical (unpaired) electrons. The van der Waals surface area contributed by atoms with Gasteiger partial charge in [-0.05, 0) is 128 Å². The van der Waals surface area contributed by atoms with Crippen molar-refractivity contribution in [3.8, 4) is 33.4 Å². The van der Waals surface area contributed by atoms with Crippen LogP contribution >= 0.6 is 11.8 Å². The first-order chi connectivity index (χ1) is 30.2. The molecule has 1 aromatic heterocycles. The lowest BCUT2D eigenvalue weighted by Gasteiger charge is -2.29. The second-order valence-corrected chi connectivity index (χ2v) is 17.8. The van der Waals surface area contributed by atoms with Gasteiger partial charge in [-0.3, -0.25) is 0 Å². The van der Waals surface area contributed by atoms with Crippen LogP contribution in [0.2, 0.25) is 0 Å². The molecule has 13 rings (SSSR count). The first-order valence-electron chi connectivity index (χ1n) is 21.3. The lowest BCUT2D eigenvalue weighted by atomic mass is 9.74. The number of benzene rings is 10. The molecular weight excluding hydrogens is 757 g/mol. The second kappa shape index (κ2) is 13.4. The van der Waals surface area contributed by atoms with E-state index >= 15 is 0 Å². The zero-order chi connectivity index (χ0) is 40.2. The quantitative estimate of drug-likeness (QED) is 0.165. The van der Waals surface area contributed by atoms with Gasteiger partial charge in [0, 0.05) is 21.6 Å². The van der Waals surface area contributed by atoms with E-state index in [4.69, 9.17) is 4.42 Å². The molecule has 2 aliphatic rings. The van der Waals surface area contributed by atoms with Crippen LogP contribution in [-0.4, -0.2) is 0 Å². The lowest BCUT2D eigenvalue weighted by molar-refractivity contribution is 0.646. The molecule has 0 amide bonds. The van der Waals surface area contributed by atoms with Gasteiger partial charge in [0.05, 0.1) is 0 Å². The molecule has 2 heteroatoms. The Kier molecular flexibility index (Phi) is 7.65. The van der Waals surface area contributed by atoms with Crippen LogP contribution in [0, 0.1) is 5.92 Å². The normalized spacial score (nSPS) is 16.1. The van der Waals surface area contributed by atoms with Crippen molar-refractivity contribution in [1.82, 2.24) is 0 Å². The summed E-state index contributed by atoms with van der Waals surface area (Å²) in [5.41, 5.74) is 13.3. The third-order valence-electron chi connectivity index (χ3n) is 13.5. The highest BCUT2D eigenvalue weighted by Crippen LogP contribution is 2.57. The van der Waals surface area contributed by atoms with E-state index in [0.717, 1.165) is 27.5 Å². The topological polar surface area (TPSA) is 13.1 Å². The zero-order valence-corrected chi connectivity index (χ0v) is 34.3. The second-order valence-electron chi connectivity index (χ2n) is 16.6. The third kappa shape index (κ3) is 5.09. The molecule has 2 heterocycles. The summed E-state index contributed by atoms with van der Waals surface area (Å²) < 4.78 is 6.90. The van der Waals surface area contributed by atoms with E-state index in [1.54, 1.807) is 0 Å². The molecule has 1 aliphatic carbocycles. The Balaban J connectivity index is 1.02. The maximum atomic E-state index is 6.90. The number of furan rings is 1. The summed E-state index contributed by atoms with van der Waals surface area (Å²) in [6, 6.07) is 69.1. The van der Waals surface area contributed by atoms with Crippen molar-refractivity contribution in [2.75, 3.05) is 0 Å². The molecule has 0 spiro atoms. The van der Waals surface area contributed by atoms with Crippen LogP contribution in [0.1, 0.15) is 24.0 Å². The SMILES string of the molecule is CC1C(c2c3ccccc3c(-c3ccc4c(c3)oc3cccc(-c5c6ccccc6c(-c6ccccc6)c6ccccc56)c34)c3ccccc23)=CC=C2Sc3ccccc3C21. The summed E-state index contributed by atoms with van der Waals surface area (Å²) in [5.74, 6) is 0.704. The molecule has 286 valence electrons. The fourth-order valence-electron chi connectivity index (χ4n) is 10.9. The van der Waals surface area contributed by atoms with E-state index < -0.39 is 0 Å². The molecule has 10 aromatic carbocycles. The van der Waals surface area contributed by atoms with E-state index in [1.165, 1.54) is 97.4 Å². The van der Waals surface area contributed by atoms with Crippen molar-refractivity contribution >= 4 is 82.4 Å². The van der Waals surface area contributed by atoms with Crippen LogP contribution in [0.3, 0.4) is 0 Å². The molecule has 2 unspecified atom stereocenters. The van der Waals surface area contributed by atoms with Gasteiger partial charge in [0.2, 0.25) is 0 Å². The van der Waals surface area contributed by atoms with Crippen LogP contribution in [0.25, 0.3) is 104 Å². The molecule has 0 fully saturated rings. The zero-order valence-electron chi connectivity index (χ0n) is 33.5. The summed E-state index contributed by atoms with van der Waals surface area (Å²) in [7, 11) is 0. The van der Waals surface area contributed by atoms with Gasteiger partial charge in [0.1, 0.15) is 11.2 Å². The predicted molar refractivity (Wildman–Crippen MR) is 260 cm³/mol. The number of fused-ring (bicyclic) bond motifs is 10. The Hall–Kier alpha value is -7.13. The smallest absolute Gasteiger partial charge is 0.136 e. The highest BCUT2D eigenvalue weighted by atomic mass is 32.2. The standard InChI is InChI=1S/C59H38OS/c1-35-38(32-33-53-54(35)48-26-13-14-29-52(48)61-53)57-43-22-9-7-20-41(43)56(42-21-8-10-23-44(42)57)37-30-31-47-51(34-37)60-50-28-15-27-49(59(47)50)58-45-24-11-5-18-39(45)55(36-16-3-2-4-17-36)40-19-6-12-25-46(40)58/h2-35,54H,1H3. The summed E-state index contributed by atoms with van der Waals surface area (Å²) in [4.78, 5) is 2.84. The number of hydrogen-bond acceptors (Lipinski definition) is 2. The first-order valence-corrected chi connectivity index (χ1v) is 22.1. The number of thioether (sulfide) groups is 1. The average Bonchev–Trinajstić information content (AvgIpc) is 3.89. The van der Waals surface area contributed by atoms with Crippen LogP contribution in [0.15, 0.2) is 214 Å². The molecule has 0 saturated heterocycles. The average molecular weight is 795 g/mol. The van der Waals surface area contributed by atoms with Crippen molar-refractivity contribution in [2.24, 2.45) is 5.92 Å². The van der Waals surface area contributed by atoms with Crippen molar-refractivity contribution in [3.63, 3.8) is 0 Å². The molecule has 0 saturated carbocycles. The summed E-state index contributed by atoms with van der Waals surface area (Å²) >= 11 is 1.94. The van der Waals surface area contributed by atoms with Crippen molar-refractivity contribution < 1.29 is 4.42 Å². The Morgan fingerprint density at radius 2 is 0.951 bits per heavy atom. The van der Waals surface area contributed by atoms with Crippen molar-refractivity contribution in [1.29, 1.82) is 0 Å². The fourth-order valence-corrected chi connectivity index (χ4v) is 12.2. The van der Waals surface area contributed by atoms with Gasteiger partial charge >= 0.3 is 0 Å². The molecular formula is C59H38OS. The van der Waals surface area contributed by atoms with Gasteiger partial charge in [0.25, 0.3) is 0 Å². The van der Waals surface area contributed by atoms with E-state index in [1.807, 2.05) is 11.8 Å². The summed E-state index contributed by atoms with van der Waals surface area (Å²) in [6.45, 7) is 2.43. The van der Waals surface area contributed by atoms with Crippen molar-refractivity contribution in [2.45, 2.75) is 17.7 Å². The molecule has 0 bridgehead atoms. The largest absolute Gasteiger partial charge is 0.456 e. The van der Waals surface area contributed by atoms with E-state index in [9.17, 15) is 0 Å². The van der Waals surface area contributed by atoms with E-state index in [2.05, 4.69) is 207 Å². The Morgan fingerprint density at radius 3 is 1.59 bits per heavy atom. The lowest BCUT2D eigenvalue weighted by Crippen LogP contribution is -2.14. The van der Waals surface area contributed by atoms with Crippen LogP contribution in [0.4, 0.5) is 0 Å². The van der Waals surface area contributed by atoms with Gasteiger partial charge in [-0.15, -0.1) is 0 Å². The van der Waals surface area contributed by atoms with Crippen LogP contribution in [0.5, 0.6) is 0 Å². The number of rotatable bonds is 4. The van der Waals surface area contributed by atoms with Crippen molar-refractivity contribution in [3.05, 3.63) is 216 Å². The van der Waals surface area contributed by atoms with Gasteiger partial charge in [0.15, 0.2) is 0 Å². The summed E-state index contributed by atoms with van der Waals surface area (Å²) in [5, 5.41) is 12.3. The minimum absolute atomic E-state index is 0.332. The Morgan fingerprint density at radius 1 is 0.410 bits per heavy atom. The van der Waals surface area contributed by atoms with Gasteiger partial charge in [-0.2, -0.15) is 0 Å². The predicted octanol–water partition coefficient (Wildman–Crippen LogP) is 17.0. The Bertz CT molecular complexity index is 3580. The highest BCUT2D eigenvalue weighted by molar-refractivity contribution is 8.03. The minimum Gasteiger partial charge on any atom is -0.456 e. The molecule has 2 atom stereocenters. The third-order valence-corrected chi connectivity index (χ3v) is 14.7. The molecule has 11 aromatic rings. The number of hydrogen-bond donors (Lipinski definition) is 0. The summed E-state index contributed by atoms with van der Waals surface area (Å²) in [6.07, 6.45) is 4.79. The fraction of sp³-hybridized carbons (Fsp3) is 0.0508. The maximum Gasteiger partial charge on any atom is 0.136 e. The van der Waals surface area contributed by atoms with Crippen LogP contribution in [-0.2, 0) is 0 Å². The molecule has 1 aliphatic heterocycles.